The molecule has 0 bridgehead atoms. The largest absolute Gasteiger partial charge is 0.381 e. The number of carbonyl (C=O) groups is 2. The van der Waals surface area contributed by atoms with Crippen LogP contribution in [-0.2, 0) is 4.79 Å². The summed E-state index contributed by atoms with van der Waals surface area (Å²) in [7, 11) is 0. The summed E-state index contributed by atoms with van der Waals surface area (Å²) in [6.07, 6.45) is 0.813. The zero-order chi connectivity index (χ0) is 17.0. The zero-order valence-electron chi connectivity index (χ0n) is 13.6. The average Bonchev–Trinajstić information content (AvgIpc) is 2.72. The lowest BCUT2D eigenvalue weighted by molar-refractivity contribution is -0.135. The number of ketones is 1. The lowest BCUT2D eigenvalue weighted by atomic mass is 10.0. The normalized spacial score (nSPS) is 19.0. The van der Waals surface area contributed by atoms with Gasteiger partial charge in [-0.25, -0.2) is 0 Å². The molecule has 1 aromatic rings. The quantitative estimate of drug-likeness (QED) is 0.910. The van der Waals surface area contributed by atoms with Crippen molar-refractivity contribution in [3.05, 3.63) is 34.9 Å². The van der Waals surface area contributed by atoms with Gasteiger partial charge in [-0.2, -0.15) is 0 Å². The molecule has 0 aliphatic carbocycles. The van der Waals surface area contributed by atoms with Crippen LogP contribution in [0.25, 0.3) is 0 Å². The van der Waals surface area contributed by atoms with Gasteiger partial charge in [-0.3, -0.25) is 14.5 Å². The van der Waals surface area contributed by atoms with Gasteiger partial charge in [0.05, 0.1) is 0 Å². The van der Waals surface area contributed by atoms with Crippen molar-refractivity contribution in [2.75, 3.05) is 32.7 Å². The van der Waals surface area contributed by atoms with E-state index in [2.05, 4.69) is 0 Å². The highest BCUT2D eigenvalue weighted by molar-refractivity contribution is 6.30. The standard InChI is InChI=1S/C17H23ClN2O3/c1-13(21)17(2,23)12-19-8-3-9-20(11-10-19)16(22)14-4-6-15(18)7-5-14/h4-7,23H,3,8-12H2,1-2H3. The fourth-order valence-electron chi connectivity index (χ4n) is 2.65. The number of amides is 1. The number of benzene rings is 1. The van der Waals surface area contributed by atoms with Gasteiger partial charge in [0.25, 0.3) is 5.91 Å². The molecular weight excluding hydrogens is 316 g/mol. The first-order valence-corrected chi connectivity index (χ1v) is 8.18. The summed E-state index contributed by atoms with van der Waals surface area (Å²) < 4.78 is 0. The minimum atomic E-state index is -1.34. The van der Waals surface area contributed by atoms with Crippen LogP contribution in [0.2, 0.25) is 5.02 Å². The summed E-state index contributed by atoms with van der Waals surface area (Å²) in [6, 6.07) is 6.88. The molecule has 1 N–H and O–H groups in total. The fourth-order valence-corrected chi connectivity index (χ4v) is 2.78. The molecule has 1 aromatic carbocycles. The first-order valence-electron chi connectivity index (χ1n) is 7.80. The molecule has 23 heavy (non-hydrogen) atoms. The van der Waals surface area contributed by atoms with Gasteiger partial charge in [0, 0.05) is 43.3 Å². The monoisotopic (exact) mass is 338 g/mol. The molecule has 0 saturated carbocycles. The molecule has 126 valence electrons. The van der Waals surface area contributed by atoms with Crippen LogP contribution >= 0.6 is 11.6 Å². The summed E-state index contributed by atoms with van der Waals surface area (Å²) in [5.41, 5.74) is -0.714. The second kappa shape index (κ2) is 7.43. The second-order valence-electron chi connectivity index (χ2n) is 6.26. The van der Waals surface area contributed by atoms with E-state index in [-0.39, 0.29) is 11.7 Å². The lowest BCUT2D eigenvalue weighted by Crippen LogP contribution is -2.47. The van der Waals surface area contributed by atoms with Gasteiger partial charge >= 0.3 is 0 Å². The maximum Gasteiger partial charge on any atom is 0.253 e. The van der Waals surface area contributed by atoms with Gasteiger partial charge in [0.2, 0.25) is 0 Å². The van der Waals surface area contributed by atoms with Crippen LogP contribution in [0.15, 0.2) is 24.3 Å². The molecule has 1 unspecified atom stereocenters. The van der Waals surface area contributed by atoms with Gasteiger partial charge in [-0.1, -0.05) is 11.6 Å². The number of hydrogen-bond donors (Lipinski definition) is 1. The van der Waals surface area contributed by atoms with Crippen LogP contribution in [0.4, 0.5) is 0 Å². The Morgan fingerprint density at radius 1 is 1.17 bits per heavy atom. The summed E-state index contributed by atoms with van der Waals surface area (Å²) >= 11 is 5.85. The molecule has 1 atom stereocenters. The molecule has 1 heterocycles. The Hall–Kier alpha value is -1.43. The predicted octanol–water partition coefficient (Wildman–Crippen LogP) is 1.83. The van der Waals surface area contributed by atoms with Crippen LogP contribution in [0.3, 0.4) is 0 Å². The van der Waals surface area contributed by atoms with E-state index in [9.17, 15) is 14.7 Å². The minimum absolute atomic E-state index is 0.0122. The van der Waals surface area contributed by atoms with E-state index < -0.39 is 5.60 Å². The van der Waals surface area contributed by atoms with Crippen molar-refractivity contribution in [2.45, 2.75) is 25.9 Å². The van der Waals surface area contributed by atoms with Crippen molar-refractivity contribution >= 4 is 23.3 Å². The molecule has 1 saturated heterocycles. The Labute approximate surface area is 141 Å². The molecule has 1 aliphatic rings. The number of nitrogens with zero attached hydrogens (tertiary/aromatic N) is 2. The number of rotatable bonds is 4. The van der Waals surface area contributed by atoms with Crippen molar-refractivity contribution in [3.8, 4) is 0 Å². The molecule has 1 aliphatic heterocycles. The SMILES string of the molecule is CC(=O)C(C)(O)CN1CCCN(C(=O)c2ccc(Cl)cc2)CC1. The van der Waals surface area contributed by atoms with Crippen molar-refractivity contribution in [2.24, 2.45) is 0 Å². The maximum absolute atomic E-state index is 12.5. The molecule has 2 rings (SSSR count). The van der Waals surface area contributed by atoms with Gasteiger partial charge in [0.15, 0.2) is 5.78 Å². The highest BCUT2D eigenvalue weighted by Gasteiger charge is 2.30. The van der Waals surface area contributed by atoms with E-state index in [1.807, 2.05) is 9.80 Å². The number of Topliss-reactive ketones (excluding diaryl/α,β-unsaturated/α-hetero) is 1. The van der Waals surface area contributed by atoms with Crippen LogP contribution in [0.1, 0.15) is 30.6 Å². The first-order chi connectivity index (χ1) is 10.8. The zero-order valence-corrected chi connectivity index (χ0v) is 14.3. The second-order valence-corrected chi connectivity index (χ2v) is 6.70. The van der Waals surface area contributed by atoms with Gasteiger partial charge in [-0.15, -0.1) is 0 Å². The molecule has 1 fully saturated rings. The molecule has 0 radical (unpaired) electrons. The van der Waals surface area contributed by atoms with E-state index in [1.165, 1.54) is 13.8 Å². The number of carbonyl (C=O) groups excluding carboxylic acids is 2. The van der Waals surface area contributed by atoms with Crippen molar-refractivity contribution in [1.82, 2.24) is 9.80 Å². The third-order valence-electron chi connectivity index (χ3n) is 4.26. The highest BCUT2D eigenvalue weighted by atomic mass is 35.5. The smallest absolute Gasteiger partial charge is 0.253 e. The van der Waals surface area contributed by atoms with Crippen molar-refractivity contribution in [3.63, 3.8) is 0 Å². The summed E-state index contributed by atoms with van der Waals surface area (Å²) in [5.74, 6) is -0.252. The Kier molecular flexibility index (Phi) is 5.79. The van der Waals surface area contributed by atoms with Crippen molar-refractivity contribution < 1.29 is 14.7 Å². The van der Waals surface area contributed by atoms with E-state index >= 15 is 0 Å². The number of β-amino-alcohol motifs (C(OH)–C–C–N with tert-alkyl or cyclic N) is 1. The Bertz CT molecular complexity index is 572. The van der Waals surface area contributed by atoms with Crippen molar-refractivity contribution in [1.29, 1.82) is 0 Å². The number of hydrogen-bond acceptors (Lipinski definition) is 4. The third kappa shape index (κ3) is 4.77. The Balaban J connectivity index is 1.97. The fraction of sp³-hybridized carbons (Fsp3) is 0.529. The summed E-state index contributed by atoms with van der Waals surface area (Å²) in [6.45, 7) is 5.88. The van der Waals surface area contributed by atoms with Crippen LogP contribution in [0.5, 0.6) is 0 Å². The molecule has 0 spiro atoms. The predicted molar refractivity (Wildman–Crippen MR) is 89.7 cm³/mol. The minimum Gasteiger partial charge on any atom is -0.381 e. The number of halogens is 1. The highest BCUT2D eigenvalue weighted by Crippen LogP contribution is 2.15. The van der Waals surface area contributed by atoms with E-state index in [0.29, 0.717) is 36.8 Å². The molecule has 5 nitrogen and oxygen atoms in total. The number of aliphatic hydroxyl groups is 1. The van der Waals surface area contributed by atoms with E-state index in [4.69, 9.17) is 11.6 Å². The lowest BCUT2D eigenvalue weighted by Gasteiger charge is -2.28. The van der Waals surface area contributed by atoms with Crippen LogP contribution in [-0.4, -0.2) is 64.9 Å². The van der Waals surface area contributed by atoms with Gasteiger partial charge < -0.3 is 10.0 Å². The summed E-state index contributed by atoms with van der Waals surface area (Å²) in [4.78, 5) is 27.8. The molecular formula is C17H23ClN2O3. The van der Waals surface area contributed by atoms with E-state index in [0.717, 1.165) is 13.0 Å². The van der Waals surface area contributed by atoms with E-state index in [1.54, 1.807) is 24.3 Å². The maximum atomic E-state index is 12.5. The molecule has 1 amide bonds. The first kappa shape index (κ1) is 17.9. The van der Waals surface area contributed by atoms with Gasteiger partial charge in [0.1, 0.15) is 5.60 Å². The van der Waals surface area contributed by atoms with Crippen LogP contribution in [0, 0.1) is 0 Å². The van der Waals surface area contributed by atoms with Gasteiger partial charge in [-0.05, 0) is 44.5 Å². The third-order valence-corrected chi connectivity index (χ3v) is 4.51. The summed E-state index contributed by atoms with van der Waals surface area (Å²) in [5, 5.41) is 10.7. The Morgan fingerprint density at radius 3 is 2.43 bits per heavy atom. The Morgan fingerprint density at radius 2 is 1.83 bits per heavy atom. The molecule has 0 aromatic heterocycles. The topological polar surface area (TPSA) is 60.9 Å². The van der Waals surface area contributed by atoms with Crippen LogP contribution < -0.4 is 0 Å². The molecule has 6 heteroatoms. The average molecular weight is 339 g/mol.